The Bertz CT molecular complexity index is 367. The third-order valence-electron chi connectivity index (χ3n) is 4.68. The molecule has 0 aromatic heterocycles. The number of rotatable bonds is 4. The Kier molecular flexibility index (Phi) is 5.85. The van der Waals surface area contributed by atoms with Crippen LogP contribution in [0.4, 0.5) is 4.79 Å². The summed E-state index contributed by atoms with van der Waals surface area (Å²) < 4.78 is 0. The number of amides is 2. The van der Waals surface area contributed by atoms with Gasteiger partial charge in [0.05, 0.1) is 6.42 Å². The number of carboxylic acids is 1. The highest BCUT2D eigenvalue weighted by molar-refractivity contribution is 5.76. The van der Waals surface area contributed by atoms with Crippen molar-refractivity contribution in [3.63, 3.8) is 0 Å². The van der Waals surface area contributed by atoms with Crippen molar-refractivity contribution < 1.29 is 14.7 Å². The van der Waals surface area contributed by atoms with Crippen LogP contribution in [-0.4, -0.2) is 66.2 Å². The van der Waals surface area contributed by atoms with Gasteiger partial charge in [0, 0.05) is 19.1 Å². The number of carbonyl (C=O) groups is 2. The van der Waals surface area contributed by atoms with Crippen LogP contribution in [0.2, 0.25) is 0 Å². The number of piperidine rings is 2. The van der Waals surface area contributed by atoms with Gasteiger partial charge in [-0.2, -0.15) is 0 Å². The number of carboxylic acid groups (broad SMARTS) is 1. The van der Waals surface area contributed by atoms with Crippen molar-refractivity contribution in [2.24, 2.45) is 5.92 Å². The van der Waals surface area contributed by atoms with Gasteiger partial charge in [0.25, 0.3) is 0 Å². The molecular formula is C15H27N3O3. The number of hydrogen-bond donors (Lipinski definition) is 2. The Balaban J connectivity index is 1.79. The van der Waals surface area contributed by atoms with E-state index in [0.717, 1.165) is 45.2 Å². The minimum atomic E-state index is -0.824. The topological polar surface area (TPSA) is 72.9 Å². The van der Waals surface area contributed by atoms with Gasteiger partial charge in [-0.05, 0) is 58.2 Å². The second-order valence-corrected chi connectivity index (χ2v) is 6.37. The second kappa shape index (κ2) is 7.64. The van der Waals surface area contributed by atoms with Gasteiger partial charge in [-0.25, -0.2) is 4.79 Å². The summed E-state index contributed by atoms with van der Waals surface area (Å²) in [6, 6.07) is -0.228. The fourth-order valence-corrected chi connectivity index (χ4v) is 3.28. The molecule has 1 atom stereocenters. The van der Waals surface area contributed by atoms with Crippen LogP contribution < -0.4 is 5.32 Å². The van der Waals surface area contributed by atoms with Crippen LogP contribution in [0, 0.1) is 5.92 Å². The van der Waals surface area contributed by atoms with Gasteiger partial charge in [-0.1, -0.05) is 0 Å². The standard InChI is InChI=1S/C15H27N3O3/c1-17-8-5-12(6-9-17)11-16-15(21)18-7-3-2-4-13(18)10-14(19)20/h12-13H,2-11H2,1H3,(H,16,21)(H,19,20). The molecule has 2 heterocycles. The van der Waals surface area contributed by atoms with Gasteiger partial charge >= 0.3 is 12.0 Å². The van der Waals surface area contributed by atoms with Crippen molar-refractivity contribution in [3.8, 4) is 0 Å². The van der Waals surface area contributed by atoms with E-state index in [0.29, 0.717) is 19.0 Å². The second-order valence-electron chi connectivity index (χ2n) is 6.37. The zero-order valence-electron chi connectivity index (χ0n) is 12.9. The summed E-state index contributed by atoms with van der Waals surface area (Å²) >= 11 is 0. The molecule has 1 unspecified atom stereocenters. The van der Waals surface area contributed by atoms with Gasteiger partial charge in [-0.15, -0.1) is 0 Å². The molecule has 2 aliphatic rings. The highest BCUT2D eigenvalue weighted by Crippen LogP contribution is 2.20. The maximum absolute atomic E-state index is 12.3. The van der Waals surface area contributed by atoms with Crippen LogP contribution in [0.15, 0.2) is 0 Å². The zero-order valence-corrected chi connectivity index (χ0v) is 12.9. The van der Waals surface area contributed by atoms with Crippen molar-refractivity contribution in [1.29, 1.82) is 0 Å². The Hall–Kier alpha value is -1.30. The molecule has 0 radical (unpaired) electrons. The van der Waals surface area contributed by atoms with E-state index >= 15 is 0 Å². The lowest BCUT2D eigenvalue weighted by Crippen LogP contribution is -2.50. The summed E-state index contributed by atoms with van der Waals surface area (Å²) in [6.07, 6.45) is 5.08. The maximum Gasteiger partial charge on any atom is 0.317 e. The van der Waals surface area contributed by atoms with Crippen molar-refractivity contribution in [2.45, 2.75) is 44.6 Å². The van der Waals surface area contributed by atoms with E-state index in [9.17, 15) is 9.59 Å². The largest absolute Gasteiger partial charge is 0.481 e. The van der Waals surface area contributed by atoms with Crippen LogP contribution in [0.1, 0.15) is 38.5 Å². The van der Waals surface area contributed by atoms with E-state index in [2.05, 4.69) is 17.3 Å². The van der Waals surface area contributed by atoms with E-state index < -0.39 is 5.97 Å². The minimum Gasteiger partial charge on any atom is -0.481 e. The Morgan fingerprint density at radius 3 is 2.52 bits per heavy atom. The lowest BCUT2D eigenvalue weighted by Gasteiger charge is -2.36. The van der Waals surface area contributed by atoms with Gasteiger partial charge in [0.2, 0.25) is 0 Å². The molecule has 6 heteroatoms. The van der Waals surface area contributed by atoms with Gasteiger partial charge in [-0.3, -0.25) is 4.79 Å². The number of urea groups is 1. The number of nitrogens with zero attached hydrogens (tertiary/aromatic N) is 2. The predicted molar refractivity (Wildman–Crippen MR) is 80.2 cm³/mol. The molecule has 6 nitrogen and oxygen atoms in total. The molecule has 2 fully saturated rings. The number of nitrogens with one attached hydrogen (secondary N) is 1. The van der Waals surface area contributed by atoms with E-state index in [4.69, 9.17) is 5.11 Å². The van der Waals surface area contributed by atoms with Crippen LogP contribution in [-0.2, 0) is 4.79 Å². The van der Waals surface area contributed by atoms with Crippen LogP contribution in [0.5, 0.6) is 0 Å². The minimum absolute atomic E-state index is 0.0572. The zero-order chi connectivity index (χ0) is 15.2. The molecule has 2 amide bonds. The van der Waals surface area contributed by atoms with Crippen molar-refractivity contribution >= 4 is 12.0 Å². The van der Waals surface area contributed by atoms with E-state index in [-0.39, 0.29) is 18.5 Å². The van der Waals surface area contributed by atoms with Crippen LogP contribution in [0.25, 0.3) is 0 Å². The SMILES string of the molecule is CN1CCC(CNC(=O)N2CCCCC2CC(=O)O)CC1. The molecule has 0 aromatic rings. The number of carbonyl (C=O) groups excluding carboxylic acids is 1. The summed E-state index contributed by atoms with van der Waals surface area (Å²) in [7, 11) is 2.12. The van der Waals surface area contributed by atoms with E-state index in [1.807, 2.05) is 0 Å². The summed E-state index contributed by atoms with van der Waals surface area (Å²) in [5, 5.41) is 12.0. The molecule has 0 aliphatic carbocycles. The first kappa shape index (κ1) is 16.1. The highest BCUT2D eigenvalue weighted by Gasteiger charge is 2.28. The van der Waals surface area contributed by atoms with Crippen LogP contribution >= 0.6 is 0 Å². The fourth-order valence-electron chi connectivity index (χ4n) is 3.28. The van der Waals surface area contributed by atoms with Gasteiger partial charge < -0.3 is 20.2 Å². The van der Waals surface area contributed by atoms with E-state index in [1.165, 1.54) is 0 Å². The smallest absolute Gasteiger partial charge is 0.317 e. The normalized spacial score (nSPS) is 24.8. The Labute approximate surface area is 126 Å². The van der Waals surface area contributed by atoms with Crippen LogP contribution in [0.3, 0.4) is 0 Å². The number of likely N-dealkylation sites (tertiary alicyclic amines) is 2. The first-order chi connectivity index (χ1) is 10.1. The highest BCUT2D eigenvalue weighted by atomic mass is 16.4. The average molecular weight is 297 g/mol. The molecule has 2 saturated heterocycles. The Morgan fingerprint density at radius 2 is 1.86 bits per heavy atom. The summed E-state index contributed by atoms with van der Waals surface area (Å²) in [4.78, 5) is 27.3. The Morgan fingerprint density at radius 1 is 1.14 bits per heavy atom. The third-order valence-corrected chi connectivity index (χ3v) is 4.68. The maximum atomic E-state index is 12.3. The van der Waals surface area contributed by atoms with Gasteiger partial charge in [0.1, 0.15) is 0 Å². The van der Waals surface area contributed by atoms with Crippen molar-refractivity contribution in [3.05, 3.63) is 0 Å². The predicted octanol–water partition coefficient (Wildman–Crippen LogP) is 1.37. The number of hydrogen-bond acceptors (Lipinski definition) is 3. The molecule has 0 aromatic carbocycles. The summed E-state index contributed by atoms with van der Waals surface area (Å²) in [5.41, 5.74) is 0. The molecule has 2 rings (SSSR count). The molecule has 0 saturated carbocycles. The molecule has 120 valence electrons. The number of aliphatic carboxylic acids is 1. The summed E-state index contributed by atoms with van der Waals surface area (Å²) in [5.74, 6) is -0.275. The average Bonchev–Trinajstić information content (AvgIpc) is 2.46. The van der Waals surface area contributed by atoms with Crippen molar-refractivity contribution in [1.82, 2.24) is 15.1 Å². The monoisotopic (exact) mass is 297 g/mol. The lowest BCUT2D eigenvalue weighted by molar-refractivity contribution is -0.138. The molecule has 0 bridgehead atoms. The molecular weight excluding hydrogens is 270 g/mol. The van der Waals surface area contributed by atoms with Gasteiger partial charge in [0.15, 0.2) is 0 Å². The van der Waals surface area contributed by atoms with Crippen molar-refractivity contribution in [2.75, 3.05) is 33.2 Å². The molecule has 0 spiro atoms. The molecule has 2 N–H and O–H groups in total. The molecule has 21 heavy (non-hydrogen) atoms. The first-order valence-electron chi connectivity index (χ1n) is 8.01. The fraction of sp³-hybridized carbons (Fsp3) is 0.867. The molecule has 2 aliphatic heterocycles. The quantitative estimate of drug-likeness (QED) is 0.822. The third kappa shape index (κ3) is 4.88. The van der Waals surface area contributed by atoms with E-state index in [1.54, 1.807) is 4.90 Å². The first-order valence-corrected chi connectivity index (χ1v) is 8.01. The lowest BCUT2D eigenvalue weighted by atomic mass is 9.97. The summed E-state index contributed by atoms with van der Waals surface area (Å²) in [6.45, 7) is 3.57.